The number of aromatic nitrogens is 2. The van der Waals surface area contributed by atoms with Crippen LogP contribution in [-0.2, 0) is 0 Å². The number of benzene rings is 8. The van der Waals surface area contributed by atoms with Gasteiger partial charge in [0.15, 0.2) is 8.07 Å². The molecule has 0 atom stereocenters. The van der Waals surface area contributed by atoms with Crippen molar-refractivity contribution >= 4 is 61.4 Å². The fraction of sp³-hybridized carbons (Fsp3) is 0. The Morgan fingerprint density at radius 1 is 0.291 bits per heavy atom. The predicted molar refractivity (Wildman–Crippen MR) is 233 cm³/mol. The molecule has 0 bridgehead atoms. The molecule has 256 valence electrons. The molecule has 0 spiro atoms. The first-order valence-corrected chi connectivity index (χ1v) is 20.9. The molecule has 0 N–H and O–H groups in total. The molecule has 3 heterocycles. The lowest BCUT2D eigenvalue weighted by molar-refractivity contribution is 1.37. The molecule has 0 saturated carbocycles. The van der Waals surface area contributed by atoms with Crippen LogP contribution in [-0.4, -0.2) is 18.0 Å². The fourth-order valence-electron chi connectivity index (χ4n) is 8.90. The zero-order valence-electron chi connectivity index (χ0n) is 30.0. The third-order valence-electron chi connectivity index (χ3n) is 11.5. The first-order chi connectivity index (χ1) is 27.2. The normalized spacial score (nSPS) is 12.9. The van der Waals surface area contributed by atoms with Gasteiger partial charge in [0.1, 0.15) is 0 Å². The molecule has 0 aliphatic carbocycles. The minimum absolute atomic E-state index is 0.920. The number of pyridine rings is 2. The zero-order valence-corrected chi connectivity index (χ0v) is 31.0. The molecule has 11 rings (SSSR count). The third kappa shape index (κ3) is 5.01. The van der Waals surface area contributed by atoms with Gasteiger partial charge in [0, 0.05) is 21.9 Å². The number of hydrogen-bond donors (Lipinski definition) is 0. The Morgan fingerprint density at radius 3 is 1.47 bits per heavy atom. The maximum atomic E-state index is 5.25. The highest BCUT2D eigenvalue weighted by molar-refractivity contribution is 7.22. The summed E-state index contributed by atoms with van der Waals surface area (Å²) in [5.74, 6) is 0. The Bertz CT molecular complexity index is 3040. The summed E-state index contributed by atoms with van der Waals surface area (Å²) in [6.45, 7) is 0. The standard InChI is InChI=1S/C52H34N2Si/c1-3-13-43(14-4-1)55(44-15-5-2-6-16-44)49-18-10-9-17-45(49)46-34-41(29-32-50(46)55)36-19-22-37(23-20-36)47-30-27-38-24-25-39-28-31-48(54-52(39)51(38)53-47)42-26-21-35-11-7-8-12-40(35)33-42/h1-34H. The molecule has 0 unspecified atom stereocenters. The van der Waals surface area contributed by atoms with Gasteiger partial charge in [-0.25, -0.2) is 9.97 Å². The summed E-state index contributed by atoms with van der Waals surface area (Å²) in [4.78, 5) is 10.5. The van der Waals surface area contributed by atoms with Crippen molar-refractivity contribution in [3.05, 3.63) is 206 Å². The molecule has 0 amide bonds. The summed E-state index contributed by atoms with van der Waals surface area (Å²) in [6.07, 6.45) is 0. The summed E-state index contributed by atoms with van der Waals surface area (Å²) < 4.78 is 0. The first kappa shape index (κ1) is 31.6. The van der Waals surface area contributed by atoms with E-state index in [1.807, 2.05) is 0 Å². The van der Waals surface area contributed by atoms with Crippen LogP contribution in [0.25, 0.3) is 77.3 Å². The van der Waals surface area contributed by atoms with Crippen LogP contribution in [0.2, 0.25) is 0 Å². The summed E-state index contributed by atoms with van der Waals surface area (Å²) in [7, 11) is -2.49. The fourth-order valence-corrected chi connectivity index (χ4v) is 14.1. The van der Waals surface area contributed by atoms with Crippen molar-refractivity contribution in [3.63, 3.8) is 0 Å². The van der Waals surface area contributed by atoms with Gasteiger partial charge in [-0.15, -0.1) is 0 Å². The number of nitrogens with zero attached hydrogens (tertiary/aromatic N) is 2. The van der Waals surface area contributed by atoms with Gasteiger partial charge >= 0.3 is 0 Å². The molecular formula is C52H34N2Si. The van der Waals surface area contributed by atoms with Gasteiger partial charge in [0.25, 0.3) is 0 Å². The van der Waals surface area contributed by atoms with Crippen molar-refractivity contribution in [2.45, 2.75) is 0 Å². The SMILES string of the molecule is c1ccc([Si]2(c3ccccc3)c3ccccc3-c3cc(-c4ccc(-c5ccc6ccc7ccc(-c8ccc9ccccc9c8)nc7c6n5)cc4)ccc32)cc1. The van der Waals surface area contributed by atoms with Gasteiger partial charge < -0.3 is 0 Å². The third-order valence-corrected chi connectivity index (χ3v) is 16.4. The molecule has 2 aromatic heterocycles. The highest BCUT2D eigenvalue weighted by Crippen LogP contribution is 2.34. The summed E-state index contributed by atoms with van der Waals surface area (Å²) in [5.41, 5.74) is 11.0. The van der Waals surface area contributed by atoms with Crippen LogP contribution in [0.5, 0.6) is 0 Å². The van der Waals surface area contributed by atoms with E-state index in [1.54, 1.807) is 0 Å². The Balaban J connectivity index is 0.980. The molecular weight excluding hydrogens is 681 g/mol. The lowest BCUT2D eigenvalue weighted by atomic mass is 9.98. The van der Waals surface area contributed by atoms with E-state index in [1.165, 1.54) is 53.8 Å². The topological polar surface area (TPSA) is 25.8 Å². The van der Waals surface area contributed by atoms with Crippen LogP contribution in [0.4, 0.5) is 0 Å². The molecule has 55 heavy (non-hydrogen) atoms. The molecule has 2 nitrogen and oxygen atoms in total. The van der Waals surface area contributed by atoms with E-state index in [-0.39, 0.29) is 0 Å². The first-order valence-electron chi connectivity index (χ1n) is 18.9. The summed E-state index contributed by atoms with van der Waals surface area (Å²) >= 11 is 0. The Morgan fingerprint density at radius 2 is 0.782 bits per heavy atom. The maximum Gasteiger partial charge on any atom is 0.180 e. The van der Waals surface area contributed by atoms with Gasteiger partial charge in [0.05, 0.1) is 22.4 Å². The zero-order chi connectivity index (χ0) is 36.3. The van der Waals surface area contributed by atoms with E-state index in [4.69, 9.17) is 9.97 Å². The van der Waals surface area contributed by atoms with Gasteiger partial charge in [-0.2, -0.15) is 0 Å². The molecule has 0 saturated heterocycles. The van der Waals surface area contributed by atoms with E-state index >= 15 is 0 Å². The van der Waals surface area contributed by atoms with Crippen molar-refractivity contribution in [1.82, 2.24) is 9.97 Å². The van der Waals surface area contributed by atoms with E-state index in [0.717, 1.165) is 44.3 Å². The quantitative estimate of drug-likeness (QED) is 0.131. The summed E-state index contributed by atoms with van der Waals surface area (Å²) in [5, 5.41) is 10.4. The maximum absolute atomic E-state index is 5.25. The van der Waals surface area contributed by atoms with E-state index in [0.29, 0.717) is 0 Å². The average Bonchev–Trinajstić information content (AvgIpc) is 3.57. The van der Waals surface area contributed by atoms with Crippen molar-refractivity contribution in [1.29, 1.82) is 0 Å². The van der Waals surface area contributed by atoms with Crippen LogP contribution in [0, 0.1) is 0 Å². The minimum atomic E-state index is -2.49. The van der Waals surface area contributed by atoms with Crippen LogP contribution in [0.1, 0.15) is 0 Å². The van der Waals surface area contributed by atoms with Crippen molar-refractivity contribution in [3.8, 4) is 44.8 Å². The van der Waals surface area contributed by atoms with Crippen LogP contribution < -0.4 is 20.7 Å². The predicted octanol–water partition coefficient (Wildman–Crippen LogP) is 10.3. The second-order valence-corrected chi connectivity index (χ2v) is 18.3. The molecule has 0 fully saturated rings. The monoisotopic (exact) mass is 714 g/mol. The van der Waals surface area contributed by atoms with Gasteiger partial charge in [0.2, 0.25) is 0 Å². The molecule has 8 aromatic carbocycles. The highest BCUT2D eigenvalue weighted by atomic mass is 28.3. The van der Waals surface area contributed by atoms with Crippen molar-refractivity contribution in [2.75, 3.05) is 0 Å². The number of rotatable bonds is 5. The lowest BCUT2D eigenvalue weighted by Crippen LogP contribution is -2.72. The van der Waals surface area contributed by atoms with E-state index < -0.39 is 8.07 Å². The van der Waals surface area contributed by atoms with Crippen molar-refractivity contribution < 1.29 is 0 Å². The summed E-state index contributed by atoms with van der Waals surface area (Å²) in [6, 6.07) is 75.4. The van der Waals surface area contributed by atoms with Crippen LogP contribution in [0.3, 0.4) is 0 Å². The second-order valence-electron chi connectivity index (χ2n) is 14.5. The smallest absolute Gasteiger partial charge is 0.180 e. The average molecular weight is 715 g/mol. The van der Waals surface area contributed by atoms with E-state index in [9.17, 15) is 0 Å². The van der Waals surface area contributed by atoms with Gasteiger partial charge in [-0.05, 0) is 78.0 Å². The Labute approximate surface area is 321 Å². The Hall–Kier alpha value is -6.94. The number of hydrogen-bond acceptors (Lipinski definition) is 2. The number of fused-ring (bicyclic) bond motifs is 7. The minimum Gasteiger partial charge on any atom is -0.245 e. The van der Waals surface area contributed by atoms with E-state index in [2.05, 4.69) is 206 Å². The highest BCUT2D eigenvalue weighted by Gasteiger charge is 2.48. The molecule has 3 heteroatoms. The molecule has 1 aliphatic heterocycles. The van der Waals surface area contributed by atoms with Gasteiger partial charge in [-0.3, -0.25) is 0 Å². The lowest BCUT2D eigenvalue weighted by Gasteiger charge is -2.31. The second kappa shape index (κ2) is 12.6. The van der Waals surface area contributed by atoms with Crippen molar-refractivity contribution in [2.24, 2.45) is 0 Å². The Kier molecular flexibility index (Phi) is 7.22. The largest absolute Gasteiger partial charge is 0.245 e. The molecule has 10 aromatic rings. The van der Waals surface area contributed by atoms with Gasteiger partial charge in [-0.1, -0.05) is 182 Å². The van der Waals surface area contributed by atoms with Crippen LogP contribution >= 0.6 is 0 Å². The molecule has 0 radical (unpaired) electrons. The molecule has 1 aliphatic rings. The van der Waals surface area contributed by atoms with Crippen LogP contribution in [0.15, 0.2) is 206 Å².